The second-order valence-electron chi connectivity index (χ2n) is 5.73. The maximum absolute atomic E-state index is 12.8. The van der Waals surface area contributed by atoms with Gasteiger partial charge in [0.1, 0.15) is 0 Å². The standard InChI is InChI=1S/C21H14N2O3/c22-12-14-5-1-2-6-16(14)17-7-3-4-8-18(17)21(24)23-15-9-10-19-20(11-15)26-13-25-19/h1-11H,13H2,(H,23,24). The van der Waals surface area contributed by atoms with Crippen molar-refractivity contribution in [3.05, 3.63) is 77.9 Å². The van der Waals surface area contributed by atoms with Gasteiger partial charge < -0.3 is 14.8 Å². The molecule has 5 heteroatoms. The summed E-state index contributed by atoms with van der Waals surface area (Å²) in [7, 11) is 0. The number of nitrogens with zero attached hydrogens (tertiary/aromatic N) is 1. The van der Waals surface area contributed by atoms with Crippen LogP contribution in [0.1, 0.15) is 15.9 Å². The van der Waals surface area contributed by atoms with Gasteiger partial charge in [-0.15, -0.1) is 0 Å². The molecule has 0 spiro atoms. The number of amides is 1. The van der Waals surface area contributed by atoms with Gasteiger partial charge in [-0.3, -0.25) is 4.79 Å². The molecule has 0 unspecified atom stereocenters. The molecule has 1 N–H and O–H groups in total. The third-order valence-electron chi connectivity index (χ3n) is 4.14. The molecular formula is C21H14N2O3. The van der Waals surface area contributed by atoms with Crippen molar-refractivity contribution < 1.29 is 14.3 Å². The molecule has 0 aromatic heterocycles. The van der Waals surface area contributed by atoms with Crippen LogP contribution in [0.3, 0.4) is 0 Å². The second-order valence-corrected chi connectivity index (χ2v) is 5.73. The summed E-state index contributed by atoms with van der Waals surface area (Å²) in [5.74, 6) is 1.00. The zero-order chi connectivity index (χ0) is 17.9. The highest BCUT2D eigenvalue weighted by Gasteiger charge is 2.17. The lowest BCUT2D eigenvalue weighted by Crippen LogP contribution is -2.13. The fourth-order valence-corrected chi connectivity index (χ4v) is 2.90. The number of carbonyl (C=O) groups is 1. The topological polar surface area (TPSA) is 71.4 Å². The van der Waals surface area contributed by atoms with Crippen LogP contribution < -0.4 is 14.8 Å². The first-order valence-corrected chi connectivity index (χ1v) is 8.06. The Bertz CT molecular complexity index is 1040. The van der Waals surface area contributed by atoms with Crippen molar-refractivity contribution in [1.82, 2.24) is 0 Å². The van der Waals surface area contributed by atoms with Crippen molar-refractivity contribution in [2.24, 2.45) is 0 Å². The summed E-state index contributed by atoms with van der Waals surface area (Å²) in [5, 5.41) is 12.2. The van der Waals surface area contributed by atoms with Crippen LogP contribution in [0.5, 0.6) is 11.5 Å². The Balaban J connectivity index is 1.68. The largest absolute Gasteiger partial charge is 0.454 e. The van der Waals surface area contributed by atoms with E-state index in [1.165, 1.54) is 0 Å². The Morgan fingerprint density at radius 2 is 1.65 bits per heavy atom. The minimum Gasteiger partial charge on any atom is -0.454 e. The molecule has 1 amide bonds. The van der Waals surface area contributed by atoms with Crippen molar-refractivity contribution in [2.75, 3.05) is 12.1 Å². The van der Waals surface area contributed by atoms with Crippen LogP contribution in [0, 0.1) is 11.3 Å². The molecule has 0 atom stereocenters. The number of nitrogens with one attached hydrogen (secondary N) is 1. The van der Waals surface area contributed by atoms with Crippen LogP contribution in [0.25, 0.3) is 11.1 Å². The van der Waals surface area contributed by atoms with E-state index in [0.29, 0.717) is 33.9 Å². The van der Waals surface area contributed by atoms with Crippen LogP contribution in [0.4, 0.5) is 5.69 Å². The zero-order valence-electron chi connectivity index (χ0n) is 13.7. The molecule has 126 valence electrons. The maximum Gasteiger partial charge on any atom is 0.256 e. The van der Waals surface area contributed by atoms with E-state index in [-0.39, 0.29) is 12.7 Å². The number of fused-ring (bicyclic) bond motifs is 1. The smallest absolute Gasteiger partial charge is 0.256 e. The molecule has 1 aliphatic heterocycles. The SMILES string of the molecule is N#Cc1ccccc1-c1ccccc1C(=O)Nc1ccc2c(c1)OCO2. The summed E-state index contributed by atoms with van der Waals surface area (Å²) in [6.45, 7) is 0.181. The number of benzene rings is 3. The fraction of sp³-hybridized carbons (Fsp3) is 0.0476. The first-order valence-electron chi connectivity index (χ1n) is 8.06. The van der Waals surface area contributed by atoms with Gasteiger partial charge in [-0.05, 0) is 29.8 Å². The van der Waals surface area contributed by atoms with Gasteiger partial charge in [-0.2, -0.15) is 5.26 Å². The molecular weight excluding hydrogens is 328 g/mol. The van der Waals surface area contributed by atoms with Crippen molar-refractivity contribution in [1.29, 1.82) is 5.26 Å². The van der Waals surface area contributed by atoms with Crippen molar-refractivity contribution in [3.8, 4) is 28.7 Å². The number of hydrogen-bond acceptors (Lipinski definition) is 4. The minimum atomic E-state index is -0.257. The Labute approximate surface area is 150 Å². The lowest BCUT2D eigenvalue weighted by Gasteiger charge is -2.12. The lowest BCUT2D eigenvalue weighted by molar-refractivity contribution is 0.102. The molecule has 3 aromatic rings. The van der Waals surface area contributed by atoms with Crippen LogP contribution in [0.15, 0.2) is 66.7 Å². The molecule has 0 bridgehead atoms. The van der Waals surface area contributed by atoms with Gasteiger partial charge in [0.15, 0.2) is 11.5 Å². The van der Waals surface area contributed by atoms with E-state index in [1.807, 2.05) is 24.3 Å². The summed E-state index contributed by atoms with van der Waals surface area (Å²) in [6, 6.07) is 21.9. The third kappa shape index (κ3) is 2.85. The zero-order valence-corrected chi connectivity index (χ0v) is 13.7. The lowest BCUT2D eigenvalue weighted by atomic mass is 9.95. The highest BCUT2D eigenvalue weighted by Crippen LogP contribution is 2.34. The van der Waals surface area contributed by atoms with Gasteiger partial charge in [-0.25, -0.2) is 0 Å². The number of rotatable bonds is 3. The Morgan fingerprint density at radius 3 is 2.50 bits per heavy atom. The van der Waals surface area contributed by atoms with Gasteiger partial charge in [-0.1, -0.05) is 36.4 Å². The van der Waals surface area contributed by atoms with E-state index in [1.54, 1.807) is 42.5 Å². The number of carbonyl (C=O) groups excluding carboxylic acids is 1. The third-order valence-corrected chi connectivity index (χ3v) is 4.14. The molecule has 26 heavy (non-hydrogen) atoms. The molecule has 1 aliphatic rings. The summed E-state index contributed by atoms with van der Waals surface area (Å²) in [6.07, 6.45) is 0. The highest BCUT2D eigenvalue weighted by molar-refractivity contribution is 6.09. The number of ether oxygens (including phenoxy) is 2. The molecule has 0 saturated heterocycles. The van der Waals surface area contributed by atoms with Gasteiger partial charge >= 0.3 is 0 Å². The van der Waals surface area contributed by atoms with Gasteiger partial charge in [0.05, 0.1) is 11.6 Å². The predicted octanol–water partition coefficient (Wildman–Crippen LogP) is 4.21. The first-order chi connectivity index (χ1) is 12.8. The van der Waals surface area contributed by atoms with Crippen molar-refractivity contribution >= 4 is 11.6 Å². The van der Waals surface area contributed by atoms with Crippen LogP contribution >= 0.6 is 0 Å². The van der Waals surface area contributed by atoms with E-state index in [0.717, 1.165) is 5.56 Å². The first kappa shape index (κ1) is 15.7. The van der Waals surface area contributed by atoms with Gasteiger partial charge in [0.25, 0.3) is 5.91 Å². The molecule has 3 aromatic carbocycles. The van der Waals surface area contributed by atoms with Crippen molar-refractivity contribution in [2.45, 2.75) is 0 Å². The van der Waals surface area contributed by atoms with E-state index in [2.05, 4.69) is 11.4 Å². The molecule has 0 aliphatic carbocycles. The normalized spacial score (nSPS) is 11.7. The van der Waals surface area contributed by atoms with Gasteiger partial charge in [0, 0.05) is 22.9 Å². The minimum absolute atomic E-state index is 0.181. The second kappa shape index (κ2) is 6.61. The Morgan fingerprint density at radius 1 is 0.923 bits per heavy atom. The number of anilines is 1. The summed E-state index contributed by atoms with van der Waals surface area (Å²) < 4.78 is 10.6. The number of hydrogen-bond donors (Lipinski definition) is 1. The summed E-state index contributed by atoms with van der Waals surface area (Å²) >= 11 is 0. The van der Waals surface area contributed by atoms with Crippen molar-refractivity contribution in [3.63, 3.8) is 0 Å². The monoisotopic (exact) mass is 342 g/mol. The van der Waals surface area contributed by atoms with E-state index in [9.17, 15) is 10.1 Å². The summed E-state index contributed by atoms with van der Waals surface area (Å²) in [5.41, 5.74) is 3.07. The van der Waals surface area contributed by atoms with Gasteiger partial charge in [0.2, 0.25) is 6.79 Å². The average Bonchev–Trinajstić information content (AvgIpc) is 3.15. The van der Waals surface area contributed by atoms with E-state index < -0.39 is 0 Å². The molecule has 5 nitrogen and oxygen atoms in total. The van der Waals surface area contributed by atoms with Crippen LogP contribution in [-0.4, -0.2) is 12.7 Å². The van der Waals surface area contributed by atoms with E-state index >= 15 is 0 Å². The highest BCUT2D eigenvalue weighted by atomic mass is 16.7. The Hall–Kier alpha value is -3.78. The Kier molecular flexibility index (Phi) is 4.00. The summed E-state index contributed by atoms with van der Waals surface area (Å²) in [4.78, 5) is 12.8. The predicted molar refractivity (Wildman–Crippen MR) is 97.1 cm³/mol. The average molecular weight is 342 g/mol. The molecule has 0 fully saturated rings. The fourth-order valence-electron chi connectivity index (χ4n) is 2.90. The molecule has 0 saturated carbocycles. The van der Waals surface area contributed by atoms with Crippen LogP contribution in [0.2, 0.25) is 0 Å². The molecule has 4 rings (SSSR count). The maximum atomic E-state index is 12.8. The molecule has 0 radical (unpaired) electrons. The quantitative estimate of drug-likeness (QED) is 0.774. The van der Waals surface area contributed by atoms with Crippen LogP contribution in [-0.2, 0) is 0 Å². The van der Waals surface area contributed by atoms with E-state index in [4.69, 9.17) is 9.47 Å². The molecule has 1 heterocycles. The number of nitriles is 1.